The van der Waals surface area contributed by atoms with E-state index < -0.39 is 6.04 Å². The second-order valence-corrected chi connectivity index (χ2v) is 12.5. The summed E-state index contributed by atoms with van der Waals surface area (Å²) in [6.45, 7) is 4.26. The number of rotatable bonds is 8. The van der Waals surface area contributed by atoms with E-state index in [1.165, 1.54) is 23.1 Å². The molecule has 43 heavy (non-hydrogen) atoms. The number of aromatic nitrogens is 1. The first-order valence-electron chi connectivity index (χ1n) is 13.5. The molecule has 0 aliphatic carbocycles. The van der Waals surface area contributed by atoms with Crippen LogP contribution in [0.5, 0.6) is 5.75 Å². The maximum atomic E-state index is 14.0. The number of nitrogens with zero attached hydrogens (tertiary/aromatic N) is 2. The van der Waals surface area contributed by atoms with Crippen molar-refractivity contribution in [3.05, 3.63) is 138 Å². The zero-order valence-electron chi connectivity index (χ0n) is 23.2. The van der Waals surface area contributed by atoms with Crippen LogP contribution in [-0.4, -0.2) is 17.1 Å². The Balaban J connectivity index is 1.43. The van der Waals surface area contributed by atoms with E-state index in [1.54, 1.807) is 17.6 Å². The summed E-state index contributed by atoms with van der Waals surface area (Å²) in [4.78, 5) is 34.0. The van der Waals surface area contributed by atoms with Gasteiger partial charge in [0.05, 0.1) is 32.9 Å². The summed E-state index contributed by atoms with van der Waals surface area (Å²) in [5.74, 6) is 0.923. The van der Waals surface area contributed by atoms with Crippen LogP contribution in [0, 0.1) is 0 Å². The highest BCUT2D eigenvalue weighted by Gasteiger charge is 2.32. The molecule has 0 spiro atoms. The third kappa shape index (κ3) is 6.17. The second kappa shape index (κ2) is 12.6. The SMILES string of the molecule is CCOc1ccc([C@@H]2C(C(=O)Nc3ccccc3)=C(C)N=c3s/c(=C/c4cc(Br)c(Sc5ccccc5)o4)c(=O)n32)cc1. The Hall–Kier alpha value is -4.12. The molecular formula is C33H26BrN3O4S2. The van der Waals surface area contributed by atoms with E-state index in [0.717, 1.165) is 14.9 Å². The first-order valence-corrected chi connectivity index (χ1v) is 16.0. The van der Waals surface area contributed by atoms with Crippen molar-refractivity contribution in [2.75, 3.05) is 11.9 Å². The van der Waals surface area contributed by atoms with Gasteiger partial charge in [0.15, 0.2) is 9.89 Å². The first kappa shape index (κ1) is 29.0. The molecule has 0 saturated carbocycles. The van der Waals surface area contributed by atoms with Crippen LogP contribution in [0.25, 0.3) is 6.08 Å². The van der Waals surface area contributed by atoms with Crippen LogP contribution in [0.1, 0.15) is 31.2 Å². The molecule has 6 rings (SSSR count). The molecule has 0 saturated heterocycles. The van der Waals surface area contributed by atoms with Crippen molar-refractivity contribution < 1.29 is 13.9 Å². The lowest BCUT2D eigenvalue weighted by atomic mass is 9.95. The highest BCUT2D eigenvalue weighted by atomic mass is 79.9. The van der Waals surface area contributed by atoms with Crippen molar-refractivity contribution in [3.63, 3.8) is 0 Å². The second-order valence-electron chi connectivity index (χ2n) is 9.60. The largest absolute Gasteiger partial charge is 0.494 e. The Bertz CT molecular complexity index is 2000. The van der Waals surface area contributed by atoms with Gasteiger partial charge in [0.1, 0.15) is 11.5 Å². The Labute approximate surface area is 264 Å². The van der Waals surface area contributed by atoms with Gasteiger partial charge in [0.2, 0.25) is 0 Å². The molecule has 5 aromatic rings. The van der Waals surface area contributed by atoms with Crippen LogP contribution in [0.3, 0.4) is 0 Å². The Morgan fingerprint density at radius 1 is 1.09 bits per heavy atom. The first-order chi connectivity index (χ1) is 20.9. The summed E-state index contributed by atoms with van der Waals surface area (Å²) in [7, 11) is 0. The van der Waals surface area contributed by atoms with Crippen molar-refractivity contribution in [1.29, 1.82) is 0 Å². The van der Waals surface area contributed by atoms with Gasteiger partial charge in [-0.3, -0.25) is 14.2 Å². The van der Waals surface area contributed by atoms with Gasteiger partial charge in [0.25, 0.3) is 11.5 Å². The molecule has 1 N–H and O–H groups in total. The number of anilines is 1. The number of hydrogen-bond donors (Lipinski definition) is 1. The molecule has 3 heterocycles. The van der Waals surface area contributed by atoms with Crippen LogP contribution in [0.2, 0.25) is 0 Å². The van der Waals surface area contributed by atoms with Gasteiger partial charge in [0, 0.05) is 16.7 Å². The average molecular weight is 673 g/mol. The van der Waals surface area contributed by atoms with E-state index in [0.29, 0.717) is 49.5 Å². The number of nitrogens with one attached hydrogen (secondary N) is 1. The highest BCUT2D eigenvalue weighted by Crippen LogP contribution is 2.36. The van der Waals surface area contributed by atoms with Gasteiger partial charge in [-0.1, -0.05) is 71.6 Å². The van der Waals surface area contributed by atoms with E-state index >= 15 is 0 Å². The minimum atomic E-state index is -0.690. The minimum absolute atomic E-state index is 0.259. The van der Waals surface area contributed by atoms with E-state index in [4.69, 9.17) is 14.1 Å². The lowest BCUT2D eigenvalue weighted by molar-refractivity contribution is -0.113. The van der Waals surface area contributed by atoms with E-state index in [1.807, 2.05) is 97.9 Å². The monoisotopic (exact) mass is 671 g/mol. The number of fused-ring (bicyclic) bond motifs is 1. The molecule has 2 aromatic heterocycles. The molecule has 0 radical (unpaired) electrons. The van der Waals surface area contributed by atoms with E-state index in [-0.39, 0.29) is 11.5 Å². The van der Waals surface area contributed by atoms with Gasteiger partial charge in [-0.15, -0.1) is 0 Å². The summed E-state index contributed by atoms with van der Waals surface area (Å²) in [5.41, 5.74) is 2.11. The van der Waals surface area contributed by atoms with Crippen molar-refractivity contribution in [1.82, 2.24) is 4.57 Å². The number of halogens is 1. The third-order valence-electron chi connectivity index (χ3n) is 6.71. The van der Waals surface area contributed by atoms with Crippen molar-refractivity contribution in [3.8, 4) is 5.75 Å². The molecular weight excluding hydrogens is 646 g/mol. The molecule has 1 amide bonds. The lowest BCUT2D eigenvalue weighted by Crippen LogP contribution is -2.40. The molecule has 7 nitrogen and oxygen atoms in total. The number of furan rings is 1. The number of carbonyl (C=O) groups excluding carboxylic acids is 1. The fourth-order valence-electron chi connectivity index (χ4n) is 4.79. The molecule has 10 heteroatoms. The van der Waals surface area contributed by atoms with Gasteiger partial charge in [-0.05, 0) is 77.8 Å². The van der Waals surface area contributed by atoms with Crippen molar-refractivity contribution in [2.45, 2.75) is 29.9 Å². The standard InChI is InChI=1S/C33H26BrN3O4S2/c1-3-40-23-16-14-21(15-17-23)29-28(30(38)36-22-10-6-4-7-11-22)20(2)35-33-37(29)31(39)27(43-33)19-24-18-26(34)32(41-24)42-25-12-8-5-9-13-25/h4-19,29H,3H2,1-2H3,(H,36,38)/b27-19+/t29-/m1/s1. The molecule has 0 bridgehead atoms. The van der Waals surface area contributed by atoms with Crippen molar-refractivity contribution >= 4 is 56.7 Å². The lowest BCUT2D eigenvalue weighted by Gasteiger charge is -2.25. The summed E-state index contributed by atoms with van der Waals surface area (Å²) in [5, 5.41) is 3.66. The fraction of sp³-hybridized carbons (Fsp3) is 0.121. The zero-order chi connectivity index (χ0) is 29.9. The summed E-state index contributed by atoms with van der Waals surface area (Å²) >= 11 is 6.34. The Morgan fingerprint density at radius 3 is 2.49 bits per heavy atom. The van der Waals surface area contributed by atoms with Gasteiger partial charge >= 0.3 is 0 Å². The molecule has 3 aromatic carbocycles. The molecule has 1 aliphatic rings. The Morgan fingerprint density at radius 2 is 1.79 bits per heavy atom. The number of ether oxygens (including phenoxy) is 1. The topological polar surface area (TPSA) is 85.8 Å². The van der Waals surface area contributed by atoms with Crippen LogP contribution in [0.4, 0.5) is 5.69 Å². The molecule has 0 unspecified atom stereocenters. The molecule has 216 valence electrons. The predicted molar refractivity (Wildman–Crippen MR) is 173 cm³/mol. The molecule has 1 atom stereocenters. The summed E-state index contributed by atoms with van der Waals surface area (Å²) in [6.07, 6.45) is 1.72. The third-order valence-corrected chi connectivity index (χ3v) is 9.54. The quantitative estimate of drug-likeness (QED) is 0.197. The predicted octanol–water partition coefficient (Wildman–Crippen LogP) is 6.78. The van der Waals surface area contributed by atoms with Crippen LogP contribution in [-0.2, 0) is 4.79 Å². The van der Waals surface area contributed by atoms with Gasteiger partial charge in [-0.25, -0.2) is 4.99 Å². The number of para-hydroxylation sites is 1. The van der Waals surface area contributed by atoms with E-state index in [2.05, 4.69) is 21.2 Å². The normalized spacial score (nSPS) is 14.8. The number of amides is 1. The number of hydrogen-bond acceptors (Lipinski definition) is 7. The highest BCUT2D eigenvalue weighted by molar-refractivity contribution is 9.10. The van der Waals surface area contributed by atoms with Crippen LogP contribution >= 0.6 is 39.0 Å². The zero-order valence-corrected chi connectivity index (χ0v) is 26.5. The van der Waals surface area contributed by atoms with Crippen LogP contribution in [0.15, 0.2) is 131 Å². The smallest absolute Gasteiger partial charge is 0.271 e. The summed E-state index contributed by atoms with van der Waals surface area (Å²) < 4.78 is 14.6. The maximum absolute atomic E-state index is 14.0. The van der Waals surface area contributed by atoms with Gasteiger partial charge < -0.3 is 14.5 Å². The summed E-state index contributed by atoms with van der Waals surface area (Å²) in [6, 6.07) is 27.8. The van der Waals surface area contributed by atoms with Crippen molar-refractivity contribution in [2.24, 2.45) is 4.99 Å². The molecule has 1 aliphatic heterocycles. The number of thiazole rings is 1. The fourth-order valence-corrected chi connectivity index (χ4v) is 7.17. The maximum Gasteiger partial charge on any atom is 0.271 e. The Kier molecular flexibility index (Phi) is 8.51. The average Bonchev–Trinajstić information content (AvgIpc) is 3.51. The molecule has 0 fully saturated rings. The minimum Gasteiger partial charge on any atom is -0.494 e. The van der Waals surface area contributed by atoms with E-state index in [9.17, 15) is 9.59 Å². The van der Waals surface area contributed by atoms with Gasteiger partial charge in [-0.2, -0.15) is 0 Å². The van der Waals surface area contributed by atoms with Crippen LogP contribution < -0.4 is 24.9 Å². The number of carbonyl (C=O) groups is 1. The number of allylic oxidation sites excluding steroid dienone is 1. The number of benzene rings is 3.